The van der Waals surface area contributed by atoms with Gasteiger partial charge in [0, 0.05) is 29.5 Å². The second-order valence-corrected chi connectivity index (χ2v) is 7.33. The van der Waals surface area contributed by atoms with Gasteiger partial charge in [-0.3, -0.25) is 4.79 Å². The molecule has 4 atom stereocenters. The van der Waals surface area contributed by atoms with Crippen molar-refractivity contribution in [2.24, 2.45) is 0 Å². The molecule has 0 aromatic rings. The number of fused-ring (bicyclic) bond motifs is 2. The van der Waals surface area contributed by atoms with Gasteiger partial charge in [-0.2, -0.15) is 11.8 Å². The maximum absolute atomic E-state index is 12.0. The standard InChI is InChI=1S/C14H23NOS/c1-10(16)15-11-6-2-4-8-13(11)17-14-9-5-3-7-12(14)15/h11-14H,2-9H2,1H3/t11-,12-,13-,14+/m1/s1. The van der Waals surface area contributed by atoms with Crippen molar-refractivity contribution in [2.45, 2.75) is 80.9 Å². The fraction of sp³-hybridized carbons (Fsp3) is 0.929. The lowest BCUT2D eigenvalue weighted by Gasteiger charge is -2.53. The maximum atomic E-state index is 12.0. The molecule has 3 aliphatic rings. The average molecular weight is 253 g/mol. The van der Waals surface area contributed by atoms with Crippen molar-refractivity contribution in [3.8, 4) is 0 Å². The Morgan fingerprint density at radius 2 is 1.41 bits per heavy atom. The predicted molar refractivity (Wildman–Crippen MR) is 72.2 cm³/mol. The zero-order valence-corrected chi connectivity index (χ0v) is 11.5. The second-order valence-electron chi connectivity index (χ2n) is 5.84. The summed E-state index contributed by atoms with van der Waals surface area (Å²) >= 11 is 2.23. The first kappa shape index (κ1) is 11.9. The molecule has 0 unspecified atom stereocenters. The Balaban J connectivity index is 1.85. The van der Waals surface area contributed by atoms with Crippen molar-refractivity contribution in [1.82, 2.24) is 4.90 Å². The van der Waals surface area contributed by atoms with E-state index in [1.165, 1.54) is 51.4 Å². The van der Waals surface area contributed by atoms with Gasteiger partial charge in [0.1, 0.15) is 0 Å². The summed E-state index contributed by atoms with van der Waals surface area (Å²) in [6, 6.07) is 1.12. The molecule has 0 aromatic carbocycles. The largest absolute Gasteiger partial charge is 0.335 e. The molecule has 1 amide bonds. The van der Waals surface area contributed by atoms with Gasteiger partial charge in [0.2, 0.25) is 5.91 Å². The van der Waals surface area contributed by atoms with Crippen molar-refractivity contribution in [3.05, 3.63) is 0 Å². The molecule has 0 bridgehead atoms. The summed E-state index contributed by atoms with van der Waals surface area (Å²) in [5.74, 6) is 0.332. The van der Waals surface area contributed by atoms with Crippen LogP contribution in [0.25, 0.3) is 0 Å². The molecule has 17 heavy (non-hydrogen) atoms. The van der Waals surface area contributed by atoms with E-state index in [4.69, 9.17) is 0 Å². The highest BCUT2D eigenvalue weighted by atomic mass is 32.2. The van der Waals surface area contributed by atoms with Crippen LogP contribution in [0.2, 0.25) is 0 Å². The van der Waals surface area contributed by atoms with Gasteiger partial charge < -0.3 is 4.90 Å². The fourth-order valence-corrected chi connectivity index (χ4v) is 6.00. The first-order valence-electron chi connectivity index (χ1n) is 7.22. The number of carbonyl (C=O) groups is 1. The molecule has 1 saturated heterocycles. The van der Waals surface area contributed by atoms with E-state index < -0.39 is 0 Å². The average Bonchev–Trinajstić information content (AvgIpc) is 2.35. The normalized spacial score (nSPS) is 41.6. The van der Waals surface area contributed by atoms with Gasteiger partial charge in [-0.15, -0.1) is 0 Å². The summed E-state index contributed by atoms with van der Waals surface area (Å²) in [7, 11) is 0. The van der Waals surface area contributed by atoms with E-state index in [0.717, 1.165) is 10.5 Å². The summed E-state index contributed by atoms with van der Waals surface area (Å²) in [5.41, 5.74) is 0. The minimum absolute atomic E-state index is 0.332. The molecule has 3 heteroatoms. The van der Waals surface area contributed by atoms with Gasteiger partial charge in [0.05, 0.1) is 0 Å². The Morgan fingerprint density at radius 1 is 0.941 bits per heavy atom. The first-order chi connectivity index (χ1) is 8.27. The lowest BCUT2D eigenvalue weighted by molar-refractivity contribution is -0.135. The van der Waals surface area contributed by atoms with Crippen LogP contribution in [0.4, 0.5) is 0 Å². The van der Waals surface area contributed by atoms with Crippen LogP contribution in [-0.2, 0) is 4.79 Å². The molecule has 96 valence electrons. The molecule has 2 aliphatic carbocycles. The van der Waals surface area contributed by atoms with Crippen LogP contribution in [0.15, 0.2) is 0 Å². The third-order valence-corrected chi connectivity index (χ3v) is 6.56. The van der Waals surface area contributed by atoms with Crippen LogP contribution < -0.4 is 0 Å². The summed E-state index contributed by atoms with van der Waals surface area (Å²) in [6.07, 6.45) is 10.6. The summed E-state index contributed by atoms with van der Waals surface area (Å²) in [5, 5.41) is 1.49. The monoisotopic (exact) mass is 253 g/mol. The van der Waals surface area contributed by atoms with E-state index in [0.29, 0.717) is 18.0 Å². The van der Waals surface area contributed by atoms with E-state index in [1.54, 1.807) is 6.92 Å². The van der Waals surface area contributed by atoms with Crippen LogP contribution in [-0.4, -0.2) is 33.4 Å². The molecule has 0 spiro atoms. The fourth-order valence-electron chi connectivity index (χ4n) is 4.05. The van der Waals surface area contributed by atoms with E-state index in [1.807, 2.05) is 0 Å². The molecule has 3 fully saturated rings. The molecule has 1 aliphatic heterocycles. The van der Waals surface area contributed by atoms with Gasteiger partial charge in [-0.05, 0) is 25.7 Å². The number of carbonyl (C=O) groups excluding carboxylic acids is 1. The molecule has 3 rings (SSSR count). The van der Waals surface area contributed by atoms with Crippen LogP contribution in [0.3, 0.4) is 0 Å². The lowest BCUT2D eigenvalue weighted by atomic mass is 9.87. The van der Waals surface area contributed by atoms with E-state index in [-0.39, 0.29) is 0 Å². The molecule has 0 N–H and O–H groups in total. The number of nitrogens with zero attached hydrogens (tertiary/aromatic N) is 1. The number of hydrogen-bond acceptors (Lipinski definition) is 2. The zero-order valence-electron chi connectivity index (χ0n) is 10.7. The maximum Gasteiger partial charge on any atom is 0.220 e. The molecule has 0 aromatic heterocycles. The topological polar surface area (TPSA) is 20.3 Å². The van der Waals surface area contributed by atoms with Crippen molar-refractivity contribution in [3.63, 3.8) is 0 Å². The Hall–Kier alpha value is -0.180. The first-order valence-corrected chi connectivity index (χ1v) is 8.16. The van der Waals surface area contributed by atoms with Crippen molar-refractivity contribution in [1.29, 1.82) is 0 Å². The number of amides is 1. The highest BCUT2D eigenvalue weighted by Gasteiger charge is 2.45. The highest BCUT2D eigenvalue weighted by Crippen LogP contribution is 2.46. The number of hydrogen-bond donors (Lipinski definition) is 0. The summed E-state index contributed by atoms with van der Waals surface area (Å²) in [4.78, 5) is 14.3. The third-order valence-electron chi connectivity index (χ3n) is 4.76. The SMILES string of the molecule is CC(=O)N1[C@@H]2CCCC[C@@H]2S[C@@H]2CCCC[C@H]21. The van der Waals surface area contributed by atoms with E-state index >= 15 is 0 Å². The molecular formula is C14H23NOS. The van der Waals surface area contributed by atoms with Gasteiger partial charge in [-0.1, -0.05) is 25.7 Å². The van der Waals surface area contributed by atoms with Gasteiger partial charge >= 0.3 is 0 Å². The van der Waals surface area contributed by atoms with Gasteiger partial charge in [-0.25, -0.2) is 0 Å². The van der Waals surface area contributed by atoms with Gasteiger partial charge in [0.25, 0.3) is 0 Å². The van der Waals surface area contributed by atoms with Crippen LogP contribution in [0.1, 0.15) is 58.3 Å². The molecule has 2 saturated carbocycles. The highest BCUT2D eigenvalue weighted by molar-refractivity contribution is 8.00. The predicted octanol–water partition coefficient (Wildman–Crippen LogP) is 3.20. The van der Waals surface area contributed by atoms with Gasteiger partial charge in [0.15, 0.2) is 0 Å². The van der Waals surface area contributed by atoms with Crippen molar-refractivity contribution in [2.75, 3.05) is 0 Å². The second kappa shape index (κ2) is 4.83. The quantitative estimate of drug-likeness (QED) is 0.661. The van der Waals surface area contributed by atoms with Crippen molar-refractivity contribution < 1.29 is 4.79 Å². The summed E-state index contributed by atoms with van der Waals surface area (Å²) < 4.78 is 0. The number of rotatable bonds is 0. The van der Waals surface area contributed by atoms with E-state index in [2.05, 4.69) is 16.7 Å². The Kier molecular flexibility index (Phi) is 3.38. The van der Waals surface area contributed by atoms with Crippen LogP contribution in [0, 0.1) is 0 Å². The van der Waals surface area contributed by atoms with Crippen LogP contribution in [0.5, 0.6) is 0 Å². The summed E-state index contributed by atoms with van der Waals surface area (Å²) in [6.45, 7) is 1.79. The van der Waals surface area contributed by atoms with E-state index in [9.17, 15) is 4.79 Å². The zero-order chi connectivity index (χ0) is 11.8. The van der Waals surface area contributed by atoms with Crippen LogP contribution >= 0.6 is 11.8 Å². The smallest absolute Gasteiger partial charge is 0.220 e. The Bertz CT molecular complexity index is 285. The van der Waals surface area contributed by atoms with Crippen molar-refractivity contribution >= 4 is 17.7 Å². The third kappa shape index (κ3) is 2.11. The minimum Gasteiger partial charge on any atom is -0.335 e. The minimum atomic E-state index is 0.332. The molecular weight excluding hydrogens is 230 g/mol. The molecule has 0 radical (unpaired) electrons. The molecule has 2 nitrogen and oxygen atoms in total. The Morgan fingerprint density at radius 3 is 1.88 bits per heavy atom. The Labute approximate surface area is 109 Å². The molecule has 1 heterocycles. The lowest BCUT2D eigenvalue weighted by Crippen LogP contribution is -2.60. The number of thioether (sulfide) groups is 1.